The Balaban J connectivity index is 1.25. The molecule has 3 aromatic carbocycles. The first-order valence-corrected chi connectivity index (χ1v) is 16.0. The van der Waals surface area contributed by atoms with Gasteiger partial charge in [-0.3, -0.25) is 4.90 Å². The Morgan fingerprint density at radius 2 is 1.57 bits per heavy atom. The van der Waals surface area contributed by atoms with E-state index in [1.54, 1.807) is 19.1 Å². The molecule has 1 saturated heterocycles. The molecule has 1 unspecified atom stereocenters. The molecule has 7 nitrogen and oxygen atoms in total. The summed E-state index contributed by atoms with van der Waals surface area (Å²) in [5.41, 5.74) is 4.37. The van der Waals surface area contributed by atoms with E-state index < -0.39 is 0 Å². The van der Waals surface area contributed by atoms with Gasteiger partial charge in [-0.1, -0.05) is 36.4 Å². The van der Waals surface area contributed by atoms with Gasteiger partial charge in [-0.2, -0.15) is 0 Å². The lowest BCUT2D eigenvalue weighted by Gasteiger charge is -2.36. The molecule has 0 amide bonds. The van der Waals surface area contributed by atoms with Crippen molar-refractivity contribution in [3.8, 4) is 11.5 Å². The smallest absolute Gasteiger partial charge is 0.337 e. The molecule has 4 rings (SSSR count). The quantitative estimate of drug-likeness (QED) is 0.123. The summed E-state index contributed by atoms with van der Waals surface area (Å²) in [6.45, 7) is 9.81. The second-order valence-electron chi connectivity index (χ2n) is 11.7. The second kappa shape index (κ2) is 17.5. The molecule has 3 aromatic rings. The molecule has 1 aliphatic rings. The van der Waals surface area contributed by atoms with Crippen LogP contribution in [0, 0.1) is 6.92 Å². The predicted molar refractivity (Wildman–Crippen MR) is 176 cm³/mol. The van der Waals surface area contributed by atoms with Crippen molar-refractivity contribution >= 4 is 17.4 Å². The number of unbranched alkanes of at least 4 members (excludes halogenated alkanes) is 1. The number of benzene rings is 3. The number of ether oxygens (including phenoxy) is 3. The molecule has 0 saturated carbocycles. The van der Waals surface area contributed by atoms with Crippen LogP contribution in [-0.2, 0) is 16.0 Å². The van der Waals surface area contributed by atoms with Gasteiger partial charge >= 0.3 is 5.97 Å². The SMILES string of the molecule is COC(=O)c1ccc(OC(CCCCC(C)=O)CCc2ccccc2OCCCN2CCN(c3ccccc3C)CC2)cc1. The maximum atomic E-state index is 11.8. The summed E-state index contributed by atoms with van der Waals surface area (Å²) in [5, 5.41) is 0. The summed E-state index contributed by atoms with van der Waals surface area (Å²) in [4.78, 5) is 28.3. The van der Waals surface area contributed by atoms with Crippen molar-refractivity contribution in [1.82, 2.24) is 4.90 Å². The van der Waals surface area contributed by atoms with Gasteiger partial charge in [0.15, 0.2) is 0 Å². The Labute approximate surface area is 263 Å². The Bertz CT molecular complexity index is 1320. The number of esters is 1. The van der Waals surface area contributed by atoms with Crippen molar-refractivity contribution in [2.45, 2.75) is 64.9 Å². The van der Waals surface area contributed by atoms with Crippen molar-refractivity contribution in [2.24, 2.45) is 0 Å². The number of carbonyl (C=O) groups is 2. The minimum atomic E-state index is -0.366. The summed E-state index contributed by atoms with van der Waals surface area (Å²) in [6.07, 6.45) is 5.85. The zero-order chi connectivity index (χ0) is 31.1. The Morgan fingerprint density at radius 3 is 2.30 bits per heavy atom. The van der Waals surface area contributed by atoms with Crippen molar-refractivity contribution < 1.29 is 23.8 Å². The van der Waals surface area contributed by atoms with E-state index in [-0.39, 0.29) is 17.9 Å². The van der Waals surface area contributed by atoms with Crippen LogP contribution in [0.2, 0.25) is 0 Å². The first-order chi connectivity index (χ1) is 21.4. The molecule has 1 fully saturated rings. The lowest BCUT2D eigenvalue weighted by Crippen LogP contribution is -2.47. The molecule has 236 valence electrons. The molecule has 0 aliphatic carbocycles. The normalized spacial score (nSPS) is 14.2. The maximum Gasteiger partial charge on any atom is 0.337 e. The maximum absolute atomic E-state index is 11.8. The van der Waals surface area contributed by atoms with Gasteiger partial charge in [0.2, 0.25) is 0 Å². The largest absolute Gasteiger partial charge is 0.493 e. The first kappa shape index (κ1) is 33.1. The number of hydrogen-bond acceptors (Lipinski definition) is 7. The zero-order valence-electron chi connectivity index (χ0n) is 26.6. The Hall–Kier alpha value is -3.84. The highest BCUT2D eigenvalue weighted by Crippen LogP contribution is 2.25. The number of carbonyl (C=O) groups excluding carboxylic acids is 2. The highest BCUT2D eigenvalue weighted by Gasteiger charge is 2.18. The fourth-order valence-electron chi connectivity index (χ4n) is 5.76. The van der Waals surface area contributed by atoms with Crippen molar-refractivity contribution in [2.75, 3.05) is 51.3 Å². The number of rotatable bonds is 17. The minimum absolute atomic E-state index is 0.0164. The molecule has 0 N–H and O–H groups in total. The van der Waals surface area contributed by atoms with Gasteiger partial charge in [-0.15, -0.1) is 0 Å². The number of hydrogen-bond donors (Lipinski definition) is 0. The summed E-state index contributed by atoms with van der Waals surface area (Å²) >= 11 is 0. The van der Waals surface area contributed by atoms with Crippen molar-refractivity contribution in [3.63, 3.8) is 0 Å². The van der Waals surface area contributed by atoms with Crippen LogP contribution in [0.25, 0.3) is 0 Å². The van der Waals surface area contributed by atoms with Gasteiger partial charge in [0, 0.05) is 44.8 Å². The number of piperazine rings is 1. The molecule has 7 heteroatoms. The number of aryl methyl sites for hydroxylation is 2. The summed E-state index contributed by atoms with van der Waals surface area (Å²) in [5.74, 6) is 1.51. The Kier molecular flexibility index (Phi) is 13.1. The summed E-state index contributed by atoms with van der Waals surface area (Å²) in [7, 11) is 1.38. The fraction of sp³-hybridized carbons (Fsp3) is 0.459. The van der Waals surface area contributed by atoms with E-state index in [9.17, 15) is 9.59 Å². The molecule has 44 heavy (non-hydrogen) atoms. The summed E-state index contributed by atoms with van der Waals surface area (Å²) < 4.78 is 17.5. The first-order valence-electron chi connectivity index (χ1n) is 16.0. The summed E-state index contributed by atoms with van der Waals surface area (Å²) in [6, 6.07) is 24.0. The van der Waals surface area contributed by atoms with E-state index in [0.717, 1.165) is 82.7 Å². The average Bonchev–Trinajstić information content (AvgIpc) is 3.04. The van der Waals surface area contributed by atoms with Gasteiger partial charge in [-0.05, 0) is 99.9 Å². The second-order valence-corrected chi connectivity index (χ2v) is 11.7. The lowest BCUT2D eigenvalue weighted by molar-refractivity contribution is -0.117. The average molecular weight is 601 g/mol. The number of anilines is 1. The van der Waals surface area contributed by atoms with Gasteiger partial charge in [-0.25, -0.2) is 4.79 Å². The van der Waals surface area contributed by atoms with E-state index in [4.69, 9.17) is 14.2 Å². The van der Waals surface area contributed by atoms with Crippen LogP contribution >= 0.6 is 0 Å². The van der Waals surface area contributed by atoms with E-state index in [2.05, 4.69) is 59.2 Å². The highest BCUT2D eigenvalue weighted by molar-refractivity contribution is 5.89. The molecule has 0 radical (unpaired) electrons. The number of para-hydroxylation sites is 2. The fourth-order valence-corrected chi connectivity index (χ4v) is 5.76. The van der Waals surface area contributed by atoms with Crippen LogP contribution in [0.15, 0.2) is 72.8 Å². The number of methoxy groups -OCH3 is 1. The minimum Gasteiger partial charge on any atom is -0.493 e. The third-order valence-electron chi connectivity index (χ3n) is 8.30. The molecular formula is C37H48N2O5. The molecule has 0 spiro atoms. The van der Waals surface area contributed by atoms with Gasteiger partial charge in [0.1, 0.15) is 17.3 Å². The third kappa shape index (κ3) is 10.4. The Morgan fingerprint density at radius 1 is 0.841 bits per heavy atom. The van der Waals surface area contributed by atoms with Crippen molar-refractivity contribution in [3.05, 3.63) is 89.5 Å². The zero-order valence-corrected chi connectivity index (χ0v) is 26.6. The highest BCUT2D eigenvalue weighted by atomic mass is 16.5. The van der Waals surface area contributed by atoms with Crippen LogP contribution in [0.3, 0.4) is 0 Å². The third-order valence-corrected chi connectivity index (χ3v) is 8.30. The molecule has 0 aromatic heterocycles. The molecule has 1 heterocycles. The number of ketones is 1. The number of nitrogens with zero attached hydrogens (tertiary/aromatic N) is 2. The number of Topliss-reactive ketones (excluding diaryl/α,β-unsaturated/α-hetero) is 1. The van der Waals surface area contributed by atoms with Gasteiger partial charge < -0.3 is 23.9 Å². The van der Waals surface area contributed by atoms with E-state index >= 15 is 0 Å². The molecule has 1 aliphatic heterocycles. The van der Waals surface area contributed by atoms with E-state index in [0.29, 0.717) is 18.6 Å². The van der Waals surface area contributed by atoms with Crippen LogP contribution in [-0.4, -0.2) is 69.2 Å². The van der Waals surface area contributed by atoms with Crippen LogP contribution in [0.4, 0.5) is 5.69 Å². The van der Waals surface area contributed by atoms with E-state index in [1.165, 1.54) is 23.9 Å². The molecule has 1 atom stereocenters. The predicted octanol–water partition coefficient (Wildman–Crippen LogP) is 6.90. The molecule has 0 bridgehead atoms. The van der Waals surface area contributed by atoms with Gasteiger partial charge in [0.05, 0.1) is 25.4 Å². The van der Waals surface area contributed by atoms with Crippen LogP contribution in [0.5, 0.6) is 11.5 Å². The monoisotopic (exact) mass is 600 g/mol. The van der Waals surface area contributed by atoms with Crippen LogP contribution < -0.4 is 14.4 Å². The van der Waals surface area contributed by atoms with E-state index in [1.807, 2.05) is 18.2 Å². The topological polar surface area (TPSA) is 68.3 Å². The van der Waals surface area contributed by atoms with Crippen LogP contribution in [0.1, 0.15) is 66.9 Å². The standard InChI is InChI=1S/C37H48N2O5/c1-29-11-4-8-15-35(29)39-26-24-38(25-27-39)23-10-28-43-36-16-9-6-13-31(36)17-20-33(14-7-5-12-30(2)40)44-34-21-18-32(19-22-34)37(41)42-3/h4,6,8-9,11,13,15-16,18-19,21-22,33H,5,7,10,12,14,17,20,23-28H2,1-3H3. The van der Waals surface area contributed by atoms with Crippen molar-refractivity contribution in [1.29, 1.82) is 0 Å². The molecular weight excluding hydrogens is 552 g/mol. The lowest BCUT2D eigenvalue weighted by atomic mass is 10.0. The van der Waals surface area contributed by atoms with Gasteiger partial charge in [0.25, 0.3) is 0 Å².